The number of likely N-dealkylation sites (tertiary alicyclic amines) is 1. The number of aryl methyl sites for hydroxylation is 1. The first kappa shape index (κ1) is 18.3. The number of imidazole rings is 1. The van der Waals surface area contributed by atoms with Crippen molar-refractivity contribution in [2.75, 3.05) is 13.1 Å². The van der Waals surface area contributed by atoms with Crippen molar-refractivity contribution in [3.63, 3.8) is 0 Å². The highest BCUT2D eigenvalue weighted by atomic mass is 16.2. The Bertz CT molecular complexity index is 968. The molecule has 144 valence electrons. The summed E-state index contributed by atoms with van der Waals surface area (Å²) in [6.45, 7) is 3.52. The minimum Gasteiger partial charge on any atom is -0.338 e. The molecule has 1 aliphatic heterocycles. The average molecular weight is 376 g/mol. The maximum Gasteiger partial charge on any atom is 0.253 e. The standard InChI is InChI=1S/C21H24N6O/c1-15-24-13-20(26(15)2)19-12-23-11-18(25-19)10-16-4-3-9-27(14-16)21(28)17-5-7-22-8-6-17/h5-8,11-13,16H,3-4,9-10,14H2,1-2H3/t16-/m0/s1. The minimum atomic E-state index is 0.0808. The number of hydrogen-bond acceptors (Lipinski definition) is 5. The van der Waals surface area contributed by atoms with Gasteiger partial charge in [-0.3, -0.25) is 14.8 Å². The fourth-order valence-electron chi connectivity index (χ4n) is 3.76. The van der Waals surface area contributed by atoms with E-state index < -0.39 is 0 Å². The van der Waals surface area contributed by atoms with Crippen molar-refractivity contribution < 1.29 is 4.79 Å². The predicted molar refractivity (Wildman–Crippen MR) is 106 cm³/mol. The molecule has 3 aromatic rings. The van der Waals surface area contributed by atoms with Gasteiger partial charge in [-0.15, -0.1) is 0 Å². The third-order valence-electron chi connectivity index (χ3n) is 5.40. The van der Waals surface area contributed by atoms with Crippen LogP contribution in [0.4, 0.5) is 0 Å². The molecule has 1 fully saturated rings. The SMILES string of the molecule is Cc1ncc(-c2cncc(C[C@@H]3CCCN(C(=O)c4ccncc4)C3)n2)n1C. The van der Waals surface area contributed by atoms with Crippen LogP contribution in [0.15, 0.2) is 43.1 Å². The highest BCUT2D eigenvalue weighted by molar-refractivity contribution is 5.94. The number of pyridine rings is 1. The number of amides is 1. The molecule has 0 saturated carbocycles. The zero-order valence-electron chi connectivity index (χ0n) is 16.2. The first-order valence-corrected chi connectivity index (χ1v) is 9.60. The monoisotopic (exact) mass is 376 g/mol. The van der Waals surface area contributed by atoms with Crippen molar-refractivity contribution in [3.8, 4) is 11.4 Å². The lowest BCUT2D eigenvalue weighted by Gasteiger charge is -2.32. The van der Waals surface area contributed by atoms with Gasteiger partial charge in [0.05, 0.1) is 23.8 Å². The highest BCUT2D eigenvalue weighted by Gasteiger charge is 2.25. The van der Waals surface area contributed by atoms with Gasteiger partial charge in [-0.1, -0.05) is 0 Å². The quantitative estimate of drug-likeness (QED) is 0.700. The molecule has 1 aliphatic rings. The van der Waals surface area contributed by atoms with E-state index in [9.17, 15) is 4.79 Å². The molecule has 0 radical (unpaired) electrons. The summed E-state index contributed by atoms with van der Waals surface area (Å²) in [5, 5.41) is 0. The van der Waals surface area contributed by atoms with Crippen molar-refractivity contribution >= 4 is 5.91 Å². The molecule has 0 N–H and O–H groups in total. The first-order chi connectivity index (χ1) is 13.6. The van der Waals surface area contributed by atoms with Gasteiger partial charge in [-0.05, 0) is 44.2 Å². The Morgan fingerprint density at radius 3 is 2.75 bits per heavy atom. The number of carbonyl (C=O) groups excluding carboxylic acids is 1. The van der Waals surface area contributed by atoms with Crippen LogP contribution in [-0.4, -0.2) is 48.4 Å². The molecule has 7 heteroatoms. The fourth-order valence-corrected chi connectivity index (χ4v) is 3.76. The van der Waals surface area contributed by atoms with Gasteiger partial charge in [-0.25, -0.2) is 9.97 Å². The van der Waals surface area contributed by atoms with Crippen LogP contribution >= 0.6 is 0 Å². The molecule has 1 saturated heterocycles. The summed E-state index contributed by atoms with van der Waals surface area (Å²) in [7, 11) is 1.98. The second-order valence-corrected chi connectivity index (χ2v) is 7.34. The van der Waals surface area contributed by atoms with E-state index in [-0.39, 0.29) is 5.91 Å². The Balaban J connectivity index is 1.46. The average Bonchev–Trinajstić information content (AvgIpc) is 3.07. The molecular formula is C21H24N6O. The molecule has 3 aromatic heterocycles. The Kier molecular flexibility index (Phi) is 5.14. The molecule has 0 bridgehead atoms. The second kappa shape index (κ2) is 7.88. The van der Waals surface area contributed by atoms with Gasteiger partial charge in [0.25, 0.3) is 5.91 Å². The number of piperidine rings is 1. The van der Waals surface area contributed by atoms with E-state index in [0.29, 0.717) is 11.5 Å². The van der Waals surface area contributed by atoms with Crippen molar-refractivity contribution in [1.82, 2.24) is 29.4 Å². The Morgan fingerprint density at radius 2 is 2.00 bits per heavy atom. The summed E-state index contributed by atoms with van der Waals surface area (Å²) >= 11 is 0. The van der Waals surface area contributed by atoms with Crippen LogP contribution in [-0.2, 0) is 13.5 Å². The molecule has 0 unspecified atom stereocenters. The summed E-state index contributed by atoms with van der Waals surface area (Å²) in [5.74, 6) is 1.41. The third-order valence-corrected chi connectivity index (χ3v) is 5.40. The Labute approximate surface area is 164 Å². The number of carbonyl (C=O) groups is 1. The van der Waals surface area contributed by atoms with Crippen LogP contribution in [0.1, 0.15) is 34.7 Å². The van der Waals surface area contributed by atoms with Gasteiger partial charge in [0.15, 0.2) is 0 Å². The number of nitrogens with zero attached hydrogens (tertiary/aromatic N) is 6. The minimum absolute atomic E-state index is 0.0808. The van der Waals surface area contributed by atoms with E-state index >= 15 is 0 Å². The van der Waals surface area contributed by atoms with E-state index in [4.69, 9.17) is 4.98 Å². The largest absolute Gasteiger partial charge is 0.338 e. The second-order valence-electron chi connectivity index (χ2n) is 7.34. The summed E-state index contributed by atoms with van der Waals surface area (Å²) in [6.07, 6.45) is 11.7. The van der Waals surface area contributed by atoms with Crippen LogP contribution in [0.5, 0.6) is 0 Å². The smallest absolute Gasteiger partial charge is 0.253 e. The van der Waals surface area contributed by atoms with Gasteiger partial charge < -0.3 is 9.47 Å². The van der Waals surface area contributed by atoms with Gasteiger partial charge >= 0.3 is 0 Å². The van der Waals surface area contributed by atoms with E-state index in [1.807, 2.05) is 35.8 Å². The van der Waals surface area contributed by atoms with Gasteiger partial charge in [-0.2, -0.15) is 0 Å². The molecule has 4 rings (SSSR count). The number of aromatic nitrogens is 5. The van der Waals surface area contributed by atoms with Gasteiger partial charge in [0.2, 0.25) is 0 Å². The summed E-state index contributed by atoms with van der Waals surface area (Å²) in [5.41, 5.74) is 3.45. The van der Waals surface area contributed by atoms with Gasteiger partial charge in [0, 0.05) is 44.3 Å². The third kappa shape index (κ3) is 3.78. The van der Waals surface area contributed by atoms with Crippen molar-refractivity contribution in [2.24, 2.45) is 13.0 Å². The van der Waals surface area contributed by atoms with Crippen molar-refractivity contribution in [2.45, 2.75) is 26.2 Å². The topological polar surface area (TPSA) is 76.8 Å². The molecular weight excluding hydrogens is 352 g/mol. The Hall–Kier alpha value is -3.09. The Morgan fingerprint density at radius 1 is 1.18 bits per heavy atom. The first-order valence-electron chi connectivity index (χ1n) is 9.60. The van der Waals surface area contributed by atoms with Crippen molar-refractivity contribution in [1.29, 1.82) is 0 Å². The maximum absolute atomic E-state index is 12.7. The summed E-state index contributed by atoms with van der Waals surface area (Å²) < 4.78 is 2.02. The van der Waals surface area contributed by atoms with Crippen LogP contribution in [0.2, 0.25) is 0 Å². The number of rotatable bonds is 4. The molecule has 0 aromatic carbocycles. The molecule has 7 nitrogen and oxygen atoms in total. The molecule has 1 amide bonds. The number of hydrogen-bond donors (Lipinski definition) is 0. The lowest BCUT2D eigenvalue weighted by molar-refractivity contribution is 0.0672. The van der Waals surface area contributed by atoms with E-state index in [1.54, 1.807) is 30.7 Å². The van der Waals surface area contributed by atoms with E-state index in [1.165, 1.54) is 0 Å². The molecule has 0 spiro atoms. The van der Waals surface area contributed by atoms with Gasteiger partial charge in [0.1, 0.15) is 11.5 Å². The predicted octanol–water partition coefficient (Wildman–Crippen LogP) is 2.68. The molecule has 4 heterocycles. The van der Waals surface area contributed by atoms with Crippen LogP contribution in [0.3, 0.4) is 0 Å². The lowest BCUT2D eigenvalue weighted by Crippen LogP contribution is -2.40. The van der Waals surface area contributed by atoms with Crippen LogP contribution < -0.4 is 0 Å². The highest BCUT2D eigenvalue weighted by Crippen LogP contribution is 2.23. The zero-order valence-corrected chi connectivity index (χ0v) is 16.2. The summed E-state index contributed by atoms with van der Waals surface area (Å²) in [4.78, 5) is 32.2. The molecule has 1 atom stereocenters. The maximum atomic E-state index is 12.7. The van der Waals surface area contributed by atoms with Crippen LogP contribution in [0.25, 0.3) is 11.4 Å². The lowest BCUT2D eigenvalue weighted by atomic mass is 9.93. The molecule has 0 aliphatic carbocycles. The normalized spacial score (nSPS) is 16.9. The van der Waals surface area contributed by atoms with Crippen LogP contribution in [0, 0.1) is 12.8 Å². The van der Waals surface area contributed by atoms with E-state index in [0.717, 1.165) is 55.3 Å². The molecule has 28 heavy (non-hydrogen) atoms. The fraction of sp³-hybridized carbons (Fsp3) is 0.381. The van der Waals surface area contributed by atoms with Crippen molar-refractivity contribution in [3.05, 3.63) is 60.2 Å². The summed E-state index contributed by atoms with van der Waals surface area (Å²) in [6, 6.07) is 3.55. The van der Waals surface area contributed by atoms with E-state index in [2.05, 4.69) is 15.0 Å². The zero-order chi connectivity index (χ0) is 19.5.